The van der Waals surface area contributed by atoms with Gasteiger partial charge in [-0.2, -0.15) is 0 Å². The lowest BCUT2D eigenvalue weighted by Gasteiger charge is -2.17. The van der Waals surface area contributed by atoms with Crippen LogP contribution in [0.4, 0.5) is 0 Å². The van der Waals surface area contributed by atoms with Gasteiger partial charge in [0.15, 0.2) is 0 Å². The van der Waals surface area contributed by atoms with E-state index in [0.29, 0.717) is 0 Å². The van der Waals surface area contributed by atoms with Gasteiger partial charge in [-0.25, -0.2) is 0 Å². The predicted molar refractivity (Wildman–Crippen MR) is 74.9 cm³/mol. The van der Waals surface area contributed by atoms with Gasteiger partial charge in [0.25, 0.3) is 0 Å². The third kappa shape index (κ3) is 1.68. The summed E-state index contributed by atoms with van der Waals surface area (Å²) in [4.78, 5) is 0. The van der Waals surface area contributed by atoms with Crippen LogP contribution in [0.2, 0.25) is 0 Å². The molecule has 2 aliphatic carbocycles. The Morgan fingerprint density at radius 1 is 0.722 bits per heavy atom. The molecule has 0 heterocycles. The fourth-order valence-corrected chi connectivity index (χ4v) is 3.46. The summed E-state index contributed by atoms with van der Waals surface area (Å²) >= 11 is 0. The van der Waals surface area contributed by atoms with Crippen LogP contribution in [-0.2, 0) is 12.8 Å². The smallest absolute Gasteiger partial charge is 0.00202 e. The number of rotatable bonds is 1. The zero-order chi connectivity index (χ0) is 11.9. The quantitative estimate of drug-likeness (QED) is 0.689. The van der Waals surface area contributed by atoms with E-state index < -0.39 is 0 Å². The molecule has 0 saturated heterocycles. The summed E-state index contributed by atoms with van der Waals surface area (Å²) in [7, 11) is 0. The van der Waals surface area contributed by atoms with Crippen molar-refractivity contribution in [2.45, 2.75) is 31.6 Å². The molecule has 1 unspecified atom stereocenters. The summed E-state index contributed by atoms with van der Waals surface area (Å²) in [5, 5.41) is 0. The van der Waals surface area contributed by atoms with Crippen molar-refractivity contribution < 1.29 is 0 Å². The lowest BCUT2D eigenvalue weighted by atomic mass is 9.87. The van der Waals surface area contributed by atoms with Gasteiger partial charge in [-0.15, -0.1) is 0 Å². The second kappa shape index (κ2) is 3.98. The fraction of sp³-hybridized carbons (Fsp3) is 0.333. The second-order valence-corrected chi connectivity index (χ2v) is 5.79. The maximum absolute atomic E-state index is 2.37. The molecule has 0 heteroatoms. The van der Waals surface area contributed by atoms with Gasteiger partial charge in [0.1, 0.15) is 0 Å². The van der Waals surface area contributed by atoms with E-state index in [1.54, 1.807) is 16.7 Å². The first-order chi connectivity index (χ1) is 8.92. The minimum Gasteiger partial charge on any atom is -0.0620 e. The highest BCUT2D eigenvalue weighted by atomic mass is 14.4. The molecular formula is C18H18. The van der Waals surface area contributed by atoms with Gasteiger partial charge in [-0.3, -0.25) is 0 Å². The Balaban J connectivity index is 1.86. The largest absolute Gasteiger partial charge is 0.0620 e. The van der Waals surface area contributed by atoms with Crippen LogP contribution < -0.4 is 0 Å². The lowest BCUT2D eigenvalue weighted by Crippen LogP contribution is -2.05. The van der Waals surface area contributed by atoms with Gasteiger partial charge in [-0.1, -0.05) is 48.5 Å². The number of fused-ring (bicyclic) bond motifs is 2. The van der Waals surface area contributed by atoms with Crippen molar-refractivity contribution >= 4 is 0 Å². The molecule has 90 valence electrons. The first kappa shape index (κ1) is 10.4. The molecule has 0 spiro atoms. The predicted octanol–water partition coefficient (Wildman–Crippen LogP) is 4.33. The molecule has 0 aliphatic heterocycles. The molecule has 4 rings (SSSR count). The van der Waals surface area contributed by atoms with Crippen LogP contribution in [0.3, 0.4) is 0 Å². The van der Waals surface area contributed by atoms with Crippen LogP contribution in [0.1, 0.15) is 41.0 Å². The molecule has 0 amide bonds. The Labute approximate surface area is 109 Å². The Morgan fingerprint density at radius 3 is 2.17 bits per heavy atom. The summed E-state index contributed by atoms with van der Waals surface area (Å²) in [6, 6.07) is 18.1. The average Bonchev–Trinajstić information content (AvgIpc) is 3.23. The monoisotopic (exact) mass is 234 g/mol. The summed E-state index contributed by atoms with van der Waals surface area (Å²) in [5.74, 6) is 1.71. The highest BCUT2D eigenvalue weighted by Crippen LogP contribution is 2.47. The molecule has 1 fully saturated rings. The van der Waals surface area contributed by atoms with Crippen molar-refractivity contribution in [2.75, 3.05) is 0 Å². The van der Waals surface area contributed by atoms with Crippen LogP contribution in [0, 0.1) is 5.92 Å². The minimum atomic E-state index is 0.768. The maximum Gasteiger partial charge on any atom is -0.00202 e. The van der Waals surface area contributed by atoms with E-state index in [1.165, 1.54) is 24.8 Å². The maximum atomic E-state index is 2.37. The third-order valence-electron chi connectivity index (χ3n) is 4.58. The van der Waals surface area contributed by atoms with Crippen LogP contribution in [0.15, 0.2) is 48.5 Å². The first-order valence-electron chi connectivity index (χ1n) is 7.06. The molecule has 2 aromatic rings. The van der Waals surface area contributed by atoms with E-state index in [4.69, 9.17) is 0 Å². The van der Waals surface area contributed by atoms with Crippen molar-refractivity contribution in [3.05, 3.63) is 70.8 Å². The molecule has 0 nitrogen and oxygen atoms in total. The van der Waals surface area contributed by atoms with Crippen molar-refractivity contribution in [1.82, 2.24) is 0 Å². The van der Waals surface area contributed by atoms with Crippen molar-refractivity contribution in [3.8, 4) is 0 Å². The van der Waals surface area contributed by atoms with E-state index in [1.807, 2.05) is 0 Å². The van der Waals surface area contributed by atoms with E-state index in [-0.39, 0.29) is 0 Å². The second-order valence-electron chi connectivity index (χ2n) is 5.79. The molecule has 0 bridgehead atoms. The molecule has 0 radical (unpaired) electrons. The van der Waals surface area contributed by atoms with Crippen LogP contribution in [0.5, 0.6) is 0 Å². The summed E-state index contributed by atoms with van der Waals surface area (Å²) in [6.45, 7) is 0. The minimum absolute atomic E-state index is 0.768. The molecule has 1 saturated carbocycles. The molecule has 0 aromatic heterocycles. The van der Waals surface area contributed by atoms with Gasteiger partial charge >= 0.3 is 0 Å². The number of benzene rings is 2. The lowest BCUT2D eigenvalue weighted by molar-refractivity contribution is 0.603. The Hall–Kier alpha value is -1.56. The SMILES string of the molecule is c1ccc2c(c1)Cc1ccccc1C(C1CC1)C2. The van der Waals surface area contributed by atoms with Gasteiger partial charge in [0, 0.05) is 0 Å². The first-order valence-corrected chi connectivity index (χ1v) is 7.06. The van der Waals surface area contributed by atoms with E-state index in [2.05, 4.69) is 48.5 Å². The van der Waals surface area contributed by atoms with Gasteiger partial charge in [0.05, 0.1) is 0 Å². The van der Waals surface area contributed by atoms with E-state index in [9.17, 15) is 0 Å². The average molecular weight is 234 g/mol. The van der Waals surface area contributed by atoms with Crippen LogP contribution in [-0.4, -0.2) is 0 Å². The normalized spacial score (nSPS) is 21.9. The standard InChI is InChI=1S/C18H18/c1-2-6-15-12-18(13-9-10-13)17-8-4-3-7-16(17)11-14(15)5-1/h1-8,13,18H,9-12H2. The fourth-order valence-electron chi connectivity index (χ4n) is 3.46. The molecule has 2 aliphatic rings. The number of hydrogen-bond donors (Lipinski definition) is 0. The highest BCUT2D eigenvalue weighted by Gasteiger charge is 2.34. The van der Waals surface area contributed by atoms with Crippen molar-refractivity contribution in [3.63, 3.8) is 0 Å². The summed E-state index contributed by atoms with van der Waals surface area (Å²) in [6.07, 6.45) is 5.23. The Morgan fingerprint density at radius 2 is 1.39 bits per heavy atom. The Kier molecular flexibility index (Phi) is 2.29. The summed E-state index contributed by atoms with van der Waals surface area (Å²) in [5.41, 5.74) is 6.29. The Bertz CT molecular complexity index is 578. The molecule has 1 atom stereocenters. The van der Waals surface area contributed by atoms with Crippen molar-refractivity contribution in [2.24, 2.45) is 5.92 Å². The molecule has 0 N–H and O–H groups in total. The number of hydrogen-bond acceptors (Lipinski definition) is 0. The van der Waals surface area contributed by atoms with Gasteiger partial charge in [0.2, 0.25) is 0 Å². The molecule has 18 heavy (non-hydrogen) atoms. The summed E-state index contributed by atoms with van der Waals surface area (Å²) < 4.78 is 0. The highest BCUT2D eigenvalue weighted by molar-refractivity contribution is 5.43. The zero-order valence-corrected chi connectivity index (χ0v) is 10.6. The van der Waals surface area contributed by atoms with Gasteiger partial charge in [-0.05, 0) is 59.8 Å². The molecule has 2 aromatic carbocycles. The molecular weight excluding hydrogens is 216 g/mol. The van der Waals surface area contributed by atoms with Gasteiger partial charge < -0.3 is 0 Å². The van der Waals surface area contributed by atoms with Crippen LogP contribution >= 0.6 is 0 Å². The van der Waals surface area contributed by atoms with E-state index in [0.717, 1.165) is 18.3 Å². The zero-order valence-electron chi connectivity index (χ0n) is 10.6. The van der Waals surface area contributed by atoms with E-state index >= 15 is 0 Å². The van der Waals surface area contributed by atoms with Crippen molar-refractivity contribution in [1.29, 1.82) is 0 Å². The topological polar surface area (TPSA) is 0 Å². The van der Waals surface area contributed by atoms with Crippen LogP contribution in [0.25, 0.3) is 0 Å². The third-order valence-corrected chi connectivity index (χ3v) is 4.58.